The largest absolute Gasteiger partial charge is 0.381 e. The highest BCUT2D eigenvalue weighted by molar-refractivity contribution is 5.92. The number of hydrogen-bond acceptors (Lipinski definition) is 5. The molecule has 3 aliphatic heterocycles. The second-order valence-electron chi connectivity index (χ2n) is 11.9. The molecule has 42 heavy (non-hydrogen) atoms. The van der Waals surface area contributed by atoms with E-state index in [2.05, 4.69) is 33.0 Å². The van der Waals surface area contributed by atoms with E-state index in [0.717, 1.165) is 12.0 Å². The van der Waals surface area contributed by atoms with Gasteiger partial charge in [-0.2, -0.15) is 0 Å². The lowest BCUT2D eigenvalue weighted by atomic mass is 9.75. The van der Waals surface area contributed by atoms with E-state index in [-0.39, 0.29) is 42.0 Å². The van der Waals surface area contributed by atoms with Gasteiger partial charge in [-0.1, -0.05) is 48.6 Å². The standard InChI is InChI=1S/C33H41FN4O4/c1-23-10-11-26(20-27(23)34)35-30(39)22-38-16-12-28-25(21-38)9-5-6-13-33(14-17-42-18-15-33)32(41)37-29(31(40)36-28)19-24-7-3-2-4-8-24/h2-8,10-11,20,25,28-29H,9,12-19,21-22H2,1H3,(H,35,39)(H,36,40)(H,37,41)/b6-5+/t25-,28+,29-/m0/s1. The molecule has 3 N–H and O–H groups in total. The maximum Gasteiger partial charge on any atom is 0.243 e. The van der Waals surface area contributed by atoms with Crippen molar-refractivity contribution in [2.45, 2.75) is 57.5 Å². The van der Waals surface area contributed by atoms with Crippen LogP contribution in [0.25, 0.3) is 0 Å². The Balaban J connectivity index is 1.31. The molecule has 3 amide bonds. The molecule has 1 spiro atoms. The van der Waals surface area contributed by atoms with Crippen molar-refractivity contribution in [3.63, 3.8) is 0 Å². The van der Waals surface area contributed by atoms with Crippen molar-refractivity contribution in [1.82, 2.24) is 15.5 Å². The van der Waals surface area contributed by atoms with Crippen molar-refractivity contribution in [3.8, 4) is 0 Å². The quantitative estimate of drug-likeness (QED) is 0.471. The molecular formula is C33H41FN4O4. The molecule has 0 bridgehead atoms. The zero-order valence-corrected chi connectivity index (χ0v) is 24.2. The number of fused-ring (bicyclic) bond motifs is 1. The van der Waals surface area contributed by atoms with Gasteiger partial charge in [-0.25, -0.2) is 4.39 Å². The minimum Gasteiger partial charge on any atom is -0.381 e. The number of nitrogens with one attached hydrogen (secondary N) is 3. The molecule has 2 aromatic rings. The Hall–Kier alpha value is -3.56. The lowest BCUT2D eigenvalue weighted by Crippen LogP contribution is -2.58. The number of benzene rings is 2. The third-order valence-corrected chi connectivity index (χ3v) is 8.92. The first-order chi connectivity index (χ1) is 20.3. The molecule has 0 radical (unpaired) electrons. The van der Waals surface area contributed by atoms with Crippen LogP contribution in [0.15, 0.2) is 60.7 Å². The van der Waals surface area contributed by atoms with E-state index in [1.807, 2.05) is 30.3 Å². The summed E-state index contributed by atoms with van der Waals surface area (Å²) < 4.78 is 19.5. The van der Waals surface area contributed by atoms with Crippen molar-refractivity contribution in [2.24, 2.45) is 11.3 Å². The molecule has 3 heterocycles. The Bertz CT molecular complexity index is 1290. The summed E-state index contributed by atoms with van der Waals surface area (Å²) in [4.78, 5) is 42.3. The van der Waals surface area contributed by atoms with Crippen LogP contribution in [0.5, 0.6) is 0 Å². The Morgan fingerprint density at radius 2 is 1.88 bits per heavy atom. The van der Waals surface area contributed by atoms with Crippen LogP contribution in [-0.2, 0) is 25.5 Å². The number of ether oxygens (including phenoxy) is 1. The van der Waals surface area contributed by atoms with Gasteiger partial charge < -0.3 is 20.7 Å². The number of piperidine rings is 1. The third-order valence-electron chi connectivity index (χ3n) is 8.92. The van der Waals surface area contributed by atoms with E-state index in [4.69, 9.17) is 4.74 Å². The number of anilines is 1. The summed E-state index contributed by atoms with van der Waals surface area (Å²) in [5.41, 5.74) is 1.35. The summed E-state index contributed by atoms with van der Waals surface area (Å²) in [6.45, 7) is 4.19. The van der Waals surface area contributed by atoms with Crippen LogP contribution in [0.1, 0.15) is 43.2 Å². The van der Waals surface area contributed by atoms with Gasteiger partial charge in [-0.05, 0) is 68.2 Å². The first-order valence-corrected chi connectivity index (χ1v) is 15.0. The van der Waals surface area contributed by atoms with Gasteiger partial charge in [0.25, 0.3) is 0 Å². The van der Waals surface area contributed by atoms with Gasteiger partial charge in [-0.3, -0.25) is 19.3 Å². The van der Waals surface area contributed by atoms with Gasteiger partial charge in [-0.15, -0.1) is 0 Å². The van der Waals surface area contributed by atoms with Crippen molar-refractivity contribution in [2.75, 3.05) is 38.2 Å². The van der Waals surface area contributed by atoms with Crippen molar-refractivity contribution < 1.29 is 23.5 Å². The molecule has 3 atom stereocenters. The molecule has 5 rings (SSSR count). The van der Waals surface area contributed by atoms with Crippen LogP contribution < -0.4 is 16.0 Å². The average Bonchev–Trinajstić information content (AvgIpc) is 2.98. The predicted molar refractivity (Wildman–Crippen MR) is 159 cm³/mol. The Morgan fingerprint density at radius 1 is 1.10 bits per heavy atom. The first-order valence-electron chi connectivity index (χ1n) is 15.0. The molecule has 2 fully saturated rings. The number of nitrogens with zero attached hydrogens (tertiary/aromatic N) is 1. The van der Waals surface area contributed by atoms with Gasteiger partial charge in [0.2, 0.25) is 17.7 Å². The molecule has 0 aliphatic carbocycles. The minimum atomic E-state index is -0.692. The van der Waals surface area contributed by atoms with Crippen molar-refractivity contribution >= 4 is 23.4 Å². The fraction of sp³-hybridized carbons (Fsp3) is 0.485. The number of likely N-dealkylation sites (tertiary alicyclic amines) is 1. The van der Waals surface area contributed by atoms with E-state index in [1.54, 1.807) is 19.1 Å². The minimum absolute atomic E-state index is 0.0840. The normalized spacial score (nSPS) is 25.7. The van der Waals surface area contributed by atoms with E-state index < -0.39 is 11.5 Å². The summed E-state index contributed by atoms with van der Waals surface area (Å²) in [5, 5.41) is 9.19. The molecule has 224 valence electrons. The lowest BCUT2D eigenvalue weighted by Gasteiger charge is -2.40. The predicted octanol–water partition coefficient (Wildman–Crippen LogP) is 3.75. The molecule has 3 aliphatic rings. The van der Waals surface area contributed by atoms with Crippen molar-refractivity contribution in [3.05, 3.63) is 77.6 Å². The molecule has 0 unspecified atom stereocenters. The summed E-state index contributed by atoms with van der Waals surface area (Å²) >= 11 is 0. The summed E-state index contributed by atoms with van der Waals surface area (Å²) in [7, 11) is 0. The Morgan fingerprint density at radius 3 is 2.64 bits per heavy atom. The highest BCUT2D eigenvalue weighted by Crippen LogP contribution is 2.36. The number of allylic oxidation sites excluding steroid dienone is 2. The maximum absolute atomic E-state index is 13.9. The zero-order valence-electron chi connectivity index (χ0n) is 24.2. The van der Waals surface area contributed by atoms with Crippen LogP contribution in [0.2, 0.25) is 0 Å². The molecule has 0 aromatic heterocycles. The average molecular weight is 577 g/mol. The topological polar surface area (TPSA) is 99.8 Å². The smallest absolute Gasteiger partial charge is 0.243 e. The fourth-order valence-electron chi connectivity index (χ4n) is 6.27. The Labute approximate surface area is 247 Å². The summed E-state index contributed by atoms with van der Waals surface area (Å²) in [6.07, 6.45) is 7.87. The fourth-order valence-corrected chi connectivity index (χ4v) is 6.27. The molecular weight excluding hydrogens is 535 g/mol. The summed E-state index contributed by atoms with van der Waals surface area (Å²) in [5.74, 6) is -0.716. The number of halogens is 1. The van der Waals surface area contributed by atoms with E-state index >= 15 is 0 Å². The number of hydrogen-bond donors (Lipinski definition) is 3. The number of aryl methyl sites for hydroxylation is 1. The second-order valence-corrected chi connectivity index (χ2v) is 11.9. The molecule has 9 heteroatoms. The van der Waals surface area contributed by atoms with Crippen LogP contribution in [0, 0.1) is 24.1 Å². The molecule has 0 saturated carbocycles. The van der Waals surface area contributed by atoms with E-state index in [0.29, 0.717) is 69.7 Å². The highest BCUT2D eigenvalue weighted by atomic mass is 19.1. The Kier molecular flexibility index (Phi) is 9.69. The van der Waals surface area contributed by atoms with Crippen LogP contribution in [0.4, 0.5) is 10.1 Å². The second kappa shape index (κ2) is 13.6. The zero-order chi connectivity index (χ0) is 29.5. The SMILES string of the molecule is Cc1ccc(NC(=O)CN2CC[C@H]3NC(=O)[C@H](Cc4ccccc4)NC(=O)C4(C/C=C/C[C@H]3C2)CCOCC4)cc1F. The van der Waals surface area contributed by atoms with Crippen LogP contribution in [0.3, 0.4) is 0 Å². The number of carbonyl (C=O) groups is 3. The van der Waals surface area contributed by atoms with Gasteiger partial charge in [0, 0.05) is 44.5 Å². The molecule has 8 nitrogen and oxygen atoms in total. The van der Waals surface area contributed by atoms with Gasteiger partial charge in [0.15, 0.2) is 0 Å². The third kappa shape index (κ3) is 7.44. The molecule has 2 saturated heterocycles. The number of carbonyl (C=O) groups excluding carboxylic acids is 3. The maximum atomic E-state index is 13.9. The lowest BCUT2D eigenvalue weighted by molar-refractivity contribution is -0.140. The molecule has 2 aromatic carbocycles. The summed E-state index contributed by atoms with van der Waals surface area (Å²) in [6, 6.07) is 13.7. The van der Waals surface area contributed by atoms with Gasteiger partial charge in [0.05, 0.1) is 12.0 Å². The van der Waals surface area contributed by atoms with Crippen LogP contribution in [-0.4, -0.2) is 67.6 Å². The number of amides is 3. The van der Waals surface area contributed by atoms with E-state index in [9.17, 15) is 18.8 Å². The van der Waals surface area contributed by atoms with Gasteiger partial charge >= 0.3 is 0 Å². The van der Waals surface area contributed by atoms with Crippen LogP contribution >= 0.6 is 0 Å². The van der Waals surface area contributed by atoms with E-state index in [1.165, 1.54) is 6.07 Å². The first kappa shape index (κ1) is 29.9. The highest BCUT2D eigenvalue weighted by Gasteiger charge is 2.41. The monoisotopic (exact) mass is 576 g/mol. The number of rotatable bonds is 5. The van der Waals surface area contributed by atoms with Crippen molar-refractivity contribution in [1.29, 1.82) is 0 Å². The van der Waals surface area contributed by atoms with Gasteiger partial charge in [0.1, 0.15) is 11.9 Å².